The maximum atomic E-state index is 14.0. The predicted molar refractivity (Wildman–Crippen MR) is 213 cm³/mol. The molecule has 6 heteroatoms. The van der Waals surface area contributed by atoms with Crippen LogP contribution in [-0.2, 0) is 26.5 Å². The van der Waals surface area contributed by atoms with Crippen LogP contribution in [0.1, 0.15) is 43.2 Å². The Hall–Kier alpha value is -3.48. The molecule has 0 N–H and O–H groups in total. The van der Waals surface area contributed by atoms with Gasteiger partial charge >= 0.3 is 106 Å². The molecule has 0 bridgehead atoms. The minimum atomic E-state index is -1.77. The van der Waals surface area contributed by atoms with Crippen molar-refractivity contribution < 1.29 is 24.5 Å². The molecule has 7 aromatic rings. The van der Waals surface area contributed by atoms with Gasteiger partial charge in [0.2, 0.25) is 0 Å². The van der Waals surface area contributed by atoms with Gasteiger partial charge in [-0.2, -0.15) is 11.3 Å². The van der Waals surface area contributed by atoms with E-state index in [4.69, 9.17) is 0 Å². The Kier molecular flexibility index (Phi) is 12.0. The fourth-order valence-electron chi connectivity index (χ4n) is 7.33. The average molecular weight is 928 g/mol. The smallest absolute Gasteiger partial charge is 0.123 e. The van der Waals surface area contributed by atoms with Crippen LogP contribution in [0.25, 0.3) is 53.8 Å². The predicted octanol–water partition coefficient (Wildman–Crippen LogP) is 12.2. The zero-order chi connectivity index (χ0) is 34.7. The molecule has 261 valence electrons. The van der Waals surface area contributed by atoms with Gasteiger partial charge in [-0.3, -0.25) is 0 Å². The Labute approximate surface area is 322 Å². The monoisotopic (exact) mass is 929 g/mol. The van der Waals surface area contributed by atoms with E-state index in [2.05, 4.69) is 107 Å². The van der Waals surface area contributed by atoms with Crippen LogP contribution in [-0.4, -0.2) is 23.2 Å². The molecular weight excluding hydrogens is 884 g/mol. The fourth-order valence-corrected chi connectivity index (χ4v) is 12.0. The molecule has 1 aliphatic rings. The quantitative estimate of drug-likeness (QED) is 0.123. The van der Waals surface area contributed by atoms with Crippen LogP contribution in [0.15, 0.2) is 109 Å². The molecule has 0 aliphatic heterocycles. The van der Waals surface area contributed by atoms with Gasteiger partial charge in [0.25, 0.3) is 0 Å². The van der Waals surface area contributed by atoms with Gasteiger partial charge in [-0.1, -0.05) is 73.4 Å². The SMILES string of the molecule is Cc1cc(-c2[c-]cccc2)nc[c]1[Ge]([CH3])([CH3])[CH3].Fc1cccc(-c2cccc3sc4c[c-]c(-c5cc(CC6CCCCC6)ccn5)cc4c23)c1.[Ir]. The number of pyridine rings is 2. The topological polar surface area (TPSA) is 25.8 Å². The van der Waals surface area contributed by atoms with Gasteiger partial charge < -0.3 is 4.98 Å². The molecule has 1 fully saturated rings. The summed E-state index contributed by atoms with van der Waals surface area (Å²) in [4.78, 5) is 9.28. The van der Waals surface area contributed by atoms with Crippen molar-refractivity contribution in [3.63, 3.8) is 0 Å². The van der Waals surface area contributed by atoms with E-state index in [0.717, 1.165) is 46.0 Å². The molecule has 2 nitrogen and oxygen atoms in total. The number of aromatic nitrogens is 2. The van der Waals surface area contributed by atoms with Crippen molar-refractivity contribution >= 4 is 49.2 Å². The summed E-state index contributed by atoms with van der Waals surface area (Å²) >= 11 is -0.0130. The molecule has 0 spiro atoms. The first-order valence-electron chi connectivity index (χ1n) is 17.8. The molecule has 8 rings (SSSR count). The number of hydrogen-bond acceptors (Lipinski definition) is 3. The van der Waals surface area contributed by atoms with E-state index < -0.39 is 13.3 Å². The minimum absolute atomic E-state index is 0. The number of halogens is 1. The van der Waals surface area contributed by atoms with Crippen LogP contribution < -0.4 is 4.40 Å². The number of fused-ring (bicyclic) bond motifs is 3. The fraction of sp³-hybridized carbons (Fsp3) is 0.244. The molecule has 3 heterocycles. The number of hydrogen-bond donors (Lipinski definition) is 0. The maximum Gasteiger partial charge on any atom is 0.123 e. The second kappa shape index (κ2) is 16.5. The molecule has 1 saturated carbocycles. The van der Waals surface area contributed by atoms with Gasteiger partial charge in [0.15, 0.2) is 0 Å². The molecule has 3 aromatic heterocycles. The second-order valence-electron chi connectivity index (χ2n) is 14.6. The van der Waals surface area contributed by atoms with Crippen LogP contribution in [0.4, 0.5) is 4.39 Å². The second-order valence-corrected chi connectivity index (χ2v) is 26.2. The normalized spacial score (nSPS) is 13.4. The molecule has 1 aliphatic carbocycles. The Morgan fingerprint density at radius 1 is 0.804 bits per heavy atom. The van der Waals surface area contributed by atoms with Crippen LogP contribution in [0.2, 0.25) is 17.3 Å². The van der Waals surface area contributed by atoms with Gasteiger partial charge in [0.1, 0.15) is 5.82 Å². The van der Waals surface area contributed by atoms with E-state index in [1.165, 1.54) is 73.9 Å². The molecule has 0 atom stereocenters. The Morgan fingerprint density at radius 3 is 2.35 bits per heavy atom. The zero-order valence-electron chi connectivity index (χ0n) is 29.7. The molecular formula is C45H43FGeIrN2S-2. The molecule has 51 heavy (non-hydrogen) atoms. The van der Waals surface area contributed by atoms with Gasteiger partial charge in [-0.15, -0.1) is 23.8 Å². The van der Waals surface area contributed by atoms with E-state index in [9.17, 15) is 4.39 Å². The Bertz CT molecular complexity index is 2250. The first kappa shape index (κ1) is 37.3. The molecule has 0 amide bonds. The molecule has 1 radical (unpaired) electrons. The summed E-state index contributed by atoms with van der Waals surface area (Å²) in [7, 11) is 0. The van der Waals surface area contributed by atoms with Crippen molar-refractivity contribution in [3.8, 4) is 33.6 Å². The van der Waals surface area contributed by atoms with Crippen LogP contribution >= 0.6 is 11.3 Å². The number of nitrogens with zero attached hydrogens (tertiary/aromatic N) is 2. The first-order valence-corrected chi connectivity index (χ1v) is 25.9. The van der Waals surface area contributed by atoms with E-state index in [0.29, 0.717) is 0 Å². The third-order valence-electron chi connectivity index (χ3n) is 9.82. The third kappa shape index (κ3) is 8.77. The van der Waals surface area contributed by atoms with Gasteiger partial charge in [-0.05, 0) is 63.5 Å². The van der Waals surface area contributed by atoms with Crippen molar-refractivity contribution in [2.45, 2.75) is 62.7 Å². The summed E-state index contributed by atoms with van der Waals surface area (Å²) in [5, 5.41) is 2.36. The van der Waals surface area contributed by atoms with Gasteiger partial charge in [0, 0.05) is 31.0 Å². The summed E-state index contributed by atoms with van der Waals surface area (Å²) in [5.74, 6) is 7.79. The minimum Gasteiger partial charge on any atom is -0.305 e. The summed E-state index contributed by atoms with van der Waals surface area (Å²) < 4.78 is 17.9. The largest absolute Gasteiger partial charge is 0.305 e. The Morgan fingerprint density at radius 2 is 1.61 bits per heavy atom. The van der Waals surface area contributed by atoms with Crippen molar-refractivity contribution in [2.24, 2.45) is 5.92 Å². The number of benzene rings is 4. The standard InChI is InChI=1S/C30H25FNS.C15H18GeN.Ir/c31-24-9-4-8-22(18-24)25-10-5-11-29-30(25)26-19-23(12-13-28(26)33-29)27-17-21(14-15-32-27)16-20-6-2-1-3-7-20;1-12-10-15(13-8-6-5-7-9-13)17-11-14(12)16(2,3)4;/h4-5,8-11,13-15,17-20H,1-3,6-7,16H2;5-8,10-11H,1-4H3;/q2*-1;. The number of aryl methyl sites for hydroxylation is 1. The van der Waals surface area contributed by atoms with Gasteiger partial charge in [0.05, 0.1) is 0 Å². The summed E-state index contributed by atoms with van der Waals surface area (Å²) in [6.07, 6.45) is 12.0. The summed E-state index contributed by atoms with van der Waals surface area (Å²) in [6, 6.07) is 38.7. The van der Waals surface area contributed by atoms with Crippen LogP contribution in [0.3, 0.4) is 0 Å². The molecule has 4 aromatic carbocycles. The zero-order valence-corrected chi connectivity index (χ0v) is 35.0. The van der Waals surface area contributed by atoms with E-state index in [-0.39, 0.29) is 25.9 Å². The van der Waals surface area contributed by atoms with Crippen LogP contribution in [0, 0.1) is 30.8 Å². The van der Waals surface area contributed by atoms with Gasteiger partial charge in [-0.25, -0.2) is 4.39 Å². The van der Waals surface area contributed by atoms with E-state index in [1.807, 2.05) is 30.5 Å². The average Bonchev–Trinajstić information content (AvgIpc) is 3.51. The third-order valence-corrected chi connectivity index (χ3v) is 15.4. The van der Waals surface area contributed by atoms with Crippen molar-refractivity contribution in [2.75, 3.05) is 0 Å². The number of thiophene rings is 1. The molecule has 0 unspecified atom stereocenters. The van der Waals surface area contributed by atoms with Crippen molar-refractivity contribution in [1.82, 2.24) is 9.97 Å². The van der Waals surface area contributed by atoms with Crippen LogP contribution in [0.5, 0.6) is 0 Å². The van der Waals surface area contributed by atoms with E-state index >= 15 is 0 Å². The Balaban J connectivity index is 0.000000211. The first-order chi connectivity index (χ1) is 24.2. The van der Waals surface area contributed by atoms with Crippen molar-refractivity contribution in [1.29, 1.82) is 0 Å². The molecule has 0 saturated heterocycles. The summed E-state index contributed by atoms with van der Waals surface area (Å²) in [5.41, 5.74) is 8.81. The summed E-state index contributed by atoms with van der Waals surface area (Å²) in [6.45, 7) is 2.19. The maximum absolute atomic E-state index is 14.0. The van der Waals surface area contributed by atoms with Crippen molar-refractivity contribution in [3.05, 3.63) is 139 Å². The number of rotatable bonds is 6. The van der Waals surface area contributed by atoms with E-state index in [1.54, 1.807) is 23.5 Å².